The Morgan fingerprint density at radius 2 is 1.43 bits per heavy atom. The second kappa shape index (κ2) is 8.40. The van der Waals surface area contributed by atoms with Crippen LogP contribution in [-0.4, -0.2) is 38.8 Å². The summed E-state index contributed by atoms with van der Waals surface area (Å²) in [4.78, 5) is 26.1. The van der Waals surface area contributed by atoms with Crippen LogP contribution in [0.1, 0.15) is 30.9 Å². The lowest BCUT2D eigenvalue weighted by molar-refractivity contribution is -0.164. The van der Waals surface area contributed by atoms with Crippen molar-refractivity contribution in [3.8, 4) is 0 Å². The van der Waals surface area contributed by atoms with Crippen molar-refractivity contribution in [1.82, 2.24) is 0 Å². The number of hydrogen-bond acceptors (Lipinski definition) is 6. The lowest BCUT2D eigenvalue weighted by atomic mass is 9.99. The lowest BCUT2D eigenvalue weighted by Crippen LogP contribution is -2.35. The molecule has 1 saturated carbocycles. The molecule has 0 spiro atoms. The third-order valence-corrected chi connectivity index (χ3v) is 7.77. The summed E-state index contributed by atoms with van der Waals surface area (Å²) < 4.78 is 37.4. The number of carbonyl (C=O) groups excluding carboxylic acids is 2. The van der Waals surface area contributed by atoms with Crippen LogP contribution in [0.15, 0.2) is 53.4 Å². The fourth-order valence-electron chi connectivity index (χ4n) is 3.83. The van der Waals surface area contributed by atoms with Crippen LogP contribution >= 0.6 is 11.6 Å². The van der Waals surface area contributed by atoms with Crippen molar-refractivity contribution in [3.63, 3.8) is 0 Å². The van der Waals surface area contributed by atoms with E-state index in [-0.39, 0.29) is 18.1 Å². The maximum atomic E-state index is 13.5. The molecule has 1 aliphatic rings. The Hall–Kier alpha value is -2.38. The van der Waals surface area contributed by atoms with Crippen LogP contribution in [0.4, 0.5) is 0 Å². The minimum Gasteiger partial charge on any atom is -0.465 e. The summed E-state index contributed by atoms with van der Waals surface area (Å²) in [6.45, 7) is 5.04. The van der Waals surface area contributed by atoms with E-state index in [1.165, 1.54) is 12.1 Å². The second-order valence-electron chi connectivity index (χ2n) is 7.12. The van der Waals surface area contributed by atoms with E-state index >= 15 is 0 Å². The molecule has 1 fully saturated rings. The largest absolute Gasteiger partial charge is 0.465 e. The summed E-state index contributed by atoms with van der Waals surface area (Å²) >= 11 is 5.97. The van der Waals surface area contributed by atoms with Gasteiger partial charge in [0.1, 0.15) is 5.25 Å². The summed E-state index contributed by atoms with van der Waals surface area (Å²) in [5.74, 6) is -2.74. The highest BCUT2D eigenvalue weighted by Gasteiger charge is 2.81. The molecule has 30 heavy (non-hydrogen) atoms. The Morgan fingerprint density at radius 1 is 0.933 bits per heavy atom. The van der Waals surface area contributed by atoms with Gasteiger partial charge in [0, 0.05) is 10.9 Å². The molecule has 0 bridgehead atoms. The maximum absolute atomic E-state index is 13.5. The van der Waals surface area contributed by atoms with Crippen molar-refractivity contribution in [2.45, 2.75) is 36.8 Å². The Kier molecular flexibility index (Phi) is 6.24. The van der Waals surface area contributed by atoms with Crippen LogP contribution in [0.25, 0.3) is 0 Å². The summed E-state index contributed by atoms with van der Waals surface area (Å²) in [7, 11) is -4.06. The standard InChI is InChI=1S/C22H23ClO6S/c1-4-28-20(24)22(21(25)29-5-2)18(15-8-10-16(23)11-9-15)19(22)30(26,27)17-12-6-14(3)7-13-17/h6-13,18-19H,4-5H2,1-3H3/t18-,19-/m0/s1. The Bertz CT molecular complexity index is 1030. The van der Waals surface area contributed by atoms with Gasteiger partial charge < -0.3 is 9.47 Å². The highest BCUT2D eigenvalue weighted by molar-refractivity contribution is 7.92. The van der Waals surface area contributed by atoms with E-state index in [1.54, 1.807) is 50.2 Å². The summed E-state index contributed by atoms with van der Waals surface area (Å²) in [6, 6.07) is 12.7. The molecule has 6 nitrogen and oxygen atoms in total. The van der Waals surface area contributed by atoms with Gasteiger partial charge in [-0.25, -0.2) is 8.42 Å². The fourth-order valence-corrected chi connectivity index (χ4v) is 6.25. The molecule has 2 atom stereocenters. The van der Waals surface area contributed by atoms with Gasteiger partial charge in [-0.15, -0.1) is 0 Å². The Labute approximate surface area is 181 Å². The molecule has 0 unspecified atom stereocenters. The van der Waals surface area contributed by atoms with Crippen molar-refractivity contribution in [2.24, 2.45) is 5.41 Å². The van der Waals surface area contributed by atoms with Crippen molar-refractivity contribution >= 4 is 33.4 Å². The number of hydrogen-bond donors (Lipinski definition) is 0. The van der Waals surface area contributed by atoms with Crippen LogP contribution in [0, 0.1) is 12.3 Å². The predicted molar refractivity (Wildman–Crippen MR) is 112 cm³/mol. The molecule has 0 heterocycles. The molecule has 0 radical (unpaired) electrons. The normalized spacial score (nSPS) is 19.7. The Morgan fingerprint density at radius 3 is 1.90 bits per heavy atom. The first-order valence-electron chi connectivity index (χ1n) is 9.61. The first-order valence-corrected chi connectivity index (χ1v) is 11.5. The molecular weight excluding hydrogens is 428 g/mol. The fraction of sp³-hybridized carbons (Fsp3) is 0.364. The number of benzene rings is 2. The lowest BCUT2D eigenvalue weighted by Gasteiger charge is -2.15. The third kappa shape index (κ3) is 3.61. The van der Waals surface area contributed by atoms with Gasteiger partial charge >= 0.3 is 11.9 Å². The SMILES string of the molecule is CCOC(=O)C1(C(=O)OCC)[C@@H](c2ccc(Cl)cc2)[C@@H]1S(=O)(=O)c1ccc(C)cc1. The number of halogens is 1. The molecular formula is C22H23ClO6S. The number of rotatable bonds is 7. The Balaban J connectivity index is 2.19. The number of sulfone groups is 1. The molecule has 8 heteroatoms. The summed E-state index contributed by atoms with van der Waals surface area (Å²) in [5.41, 5.74) is -0.578. The van der Waals surface area contributed by atoms with Crippen molar-refractivity contribution < 1.29 is 27.5 Å². The first-order chi connectivity index (χ1) is 14.2. The van der Waals surface area contributed by atoms with E-state index in [1.807, 2.05) is 6.92 Å². The molecule has 3 rings (SSSR count). The van der Waals surface area contributed by atoms with Gasteiger partial charge in [-0.1, -0.05) is 41.4 Å². The van der Waals surface area contributed by atoms with E-state index in [4.69, 9.17) is 21.1 Å². The summed E-state index contributed by atoms with van der Waals surface area (Å²) in [5, 5.41) is -0.887. The number of esters is 2. The smallest absolute Gasteiger partial charge is 0.325 e. The molecule has 0 aliphatic heterocycles. The van der Waals surface area contributed by atoms with Crippen molar-refractivity contribution in [2.75, 3.05) is 13.2 Å². The van der Waals surface area contributed by atoms with Crippen molar-refractivity contribution in [3.05, 3.63) is 64.7 Å². The van der Waals surface area contributed by atoms with Crippen LogP contribution in [0.2, 0.25) is 5.02 Å². The molecule has 2 aromatic rings. The van der Waals surface area contributed by atoms with Gasteiger partial charge in [0.15, 0.2) is 15.3 Å². The molecule has 1 aliphatic carbocycles. The molecule has 0 N–H and O–H groups in total. The van der Waals surface area contributed by atoms with Crippen molar-refractivity contribution in [1.29, 1.82) is 0 Å². The van der Waals surface area contributed by atoms with Gasteiger partial charge in [-0.2, -0.15) is 0 Å². The summed E-state index contributed by atoms with van der Waals surface area (Å²) in [6.07, 6.45) is 0. The van der Waals surface area contributed by atoms with Gasteiger partial charge in [0.05, 0.1) is 18.1 Å². The first kappa shape index (κ1) is 22.3. The van der Waals surface area contributed by atoms with E-state index in [2.05, 4.69) is 0 Å². The average molecular weight is 451 g/mol. The van der Waals surface area contributed by atoms with E-state index < -0.39 is 38.4 Å². The molecule has 2 aromatic carbocycles. The predicted octanol–water partition coefficient (Wildman–Crippen LogP) is 3.70. The minimum atomic E-state index is -4.06. The van der Waals surface area contributed by atoms with Gasteiger partial charge in [0.25, 0.3) is 0 Å². The second-order valence-corrected chi connectivity index (χ2v) is 9.62. The van der Waals surface area contributed by atoms with Gasteiger partial charge in [0.2, 0.25) is 0 Å². The van der Waals surface area contributed by atoms with E-state index in [0.29, 0.717) is 10.6 Å². The number of aryl methyl sites for hydroxylation is 1. The van der Waals surface area contributed by atoms with Gasteiger partial charge in [-0.05, 0) is 50.6 Å². The monoisotopic (exact) mass is 450 g/mol. The number of carbonyl (C=O) groups is 2. The van der Waals surface area contributed by atoms with E-state index in [9.17, 15) is 18.0 Å². The minimum absolute atomic E-state index is 0.00459. The molecule has 0 amide bonds. The van der Waals surface area contributed by atoms with E-state index in [0.717, 1.165) is 5.56 Å². The quantitative estimate of drug-likeness (QED) is 0.472. The van der Waals surface area contributed by atoms with Crippen LogP contribution in [0.5, 0.6) is 0 Å². The topological polar surface area (TPSA) is 86.7 Å². The highest BCUT2D eigenvalue weighted by atomic mass is 35.5. The maximum Gasteiger partial charge on any atom is 0.325 e. The third-order valence-electron chi connectivity index (χ3n) is 5.27. The molecule has 0 aromatic heterocycles. The zero-order valence-corrected chi connectivity index (χ0v) is 18.5. The molecule has 0 saturated heterocycles. The average Bonchev–Trinajstić information content (AvgIpc) is 3.42. The van der Waals surface area contributed by atoms with Crippen LogP contribution in [-0.2, 0) is 28.9 Å². The van der Waals surface area contributed by atoms with Gasteiger partial charge in [-0.3, -0.25) is 9.59 Å². The van der Waals surface area contributed by atoms with Crippen LogP contribution < -0.4 is 0 Å². The zero-order chi connectivity index (χ0) is 22.1. The number of ether oxygens (including phenoxy) is 2. The highest BCUT2D eigenvalue weighted by Crippen LogP contribution is 2.65. The van der Waals surface area contributed by atoms with Crippen LogP contribution in [0.3, 0.4) is 0 Å². The molecule has 160 valence electrons. The zero-order valence-electron chi connectivity index (χ0n) is 16.9.